The molecule has 2 aliphatic rings. The van der Waals surface area contributed by atoms with Crippen LogP contribution in [-0.2, 0) is 20.9 Å². The van der Waals surface area contributed by atoms with E-state index in [0.717, 1.165) is 24.2 Å². The first-order chi connectivity index (χ1) is 13.0. The average Bonchev–Trinajstić information content (AvgIpc) is 2.91. The molecule has 0 bridgehead atoms. The standard InChI is InChI=1S/C19H22Cl2N2O4/c1-2-26-18(24)14-8-17-11-23(5-3-4-22(17)10-14)19(25)27-12-13-6-15(20)9-16(21)7-13/h6-9,14H,2-5,10-12H2,1H3. The van der Waals surface area contributed by atoms with Crippen LogP contribution in [-0.4, -0.2) is 54.6 Å². The van der Waals surface area contributed by atoms with Crippen LogP contribution in [0.1, 0.15) is 18.9 Å². The maximum Gasteiger partial charge on any atom is 0.410 e. The smallest absolute Gasteiger partial charge is 0.410 e. The lowest BCUT2D eigenvalue weighted by Crippen LogP contribution is -2.33. The Balaban J connectivity index is 1.60. The van der Waals surface area contributed by atoms with E-state index in [9.17, 15) is 9.59 Å². The zero-order valence-electron chi connectivity index (χ0n) is 15.1. The van der Waals surface area contributed by atoms with Crippen molar-refractivity contribution in [2.24, 2.45) is 5.92 Å². The molecule has 2 aliphatic heterocycles. The molecule has 6 nitrogen and oxygen atoms in total. The Morgan fingerprint density at radius 3 is 2.59 bits per heavy atom. The van der Waals surface area contributed by atoms with Crippen molar-refractivity contribution in [3.8, 4) is 0 Å². The maximum absolute atomic E-state index is 12.5. The van der Waals surface area contributed by atoms with Gasteiger partial charge < -0.3 is 19.3 Å². The number of halogens is 2. The van der Waals surface area contributed by atoms with Gasteiger partial charge in [-0.3, -0.25) is 4.79 Å². The van der Waals surface area contributed by atoms with E-state index in [2.05, 4.69) is 4.90 Å². The molecule has 1 fully saturated rings. The molecule has 2 heterocycles. The van der Waals surface area contributed by atoms with Gasteiger partial charge in [0.15, 0.2) is 0 Å². The van der Waals surface area contributed by atoms with Crippen molar-refractivity contribution < 1.29 is 19.1 Å². The summed E-state index contributed by atoms with van der Waals surface area (Å²) in [6.07, 6.45) is 2.32. The molecule has 27 heavy (non-hydrogen) atoms. The molecule has 1 amide bonds. The molecule has 0 aliphatic carbocycles. The predicted molar refractivity (Wildman–Crippen MR) is 103 cm³/mol. The second-order valence-electron chi connectivity index (χ2n) is 6.57. The first kappa shape index (κ1) is 19.8. The van der Waals surface area contributed by atoms with E-state index >= 15 is 0 Å². The van der Waals surface area contributed by atoms with Crippen molar-refractivity contribution in [1.29, 1.82) is 0 Å². The van der Waals surface area contributed by atoms with Crippen LogP contribution >= 0.6 is 23.2 Å². The summed E-state index contributed by atoms with van der Waals surface area (Å²) in [5.74, 6) is -0.491. The normalized spacial score (nSPS) is 19.2. The van der Waals surface area contributed by atoms with E-state index in [-0.39, 0.29) is 18.5 Å². The minimum Gasteiger partial charge on any atom is -0.465 e. The van der Waals surface area contributed by atoms with Crippen LogP contribution in [0.4, 0.5) is 4.79 Å². The quantitative estimate of drug-likeness (QED) is 0.705. The van der Waals surface area contributed by atoms with Crippen LogP contribution in [0.15, 0.2) is 30.0 Å². The van der Waals surface area contributed by atoms with Gasteiger partial charge in [-0.05, 0) is 43.2 Å². The van der Waals surface area contributed by atoms with Crippen molar-refractivity contribution in [2.45, 2.75) is 20.0 Å². The van der Waals surface area contributed by atoms with E-state index in [1.54, 1.807) is 30.0 Å². The highest BCUT2D eigenvalue weighted by Gasteiger charge is 2.33. The maximum atomic E-state index is 12.5. The summed E-state index contributed by atoms with van der Waals surface area (Å²) in [6.45, 7) is 4.70. The number of rotatable bonds is 4. The largest absolute Gasteiger partial charge is 0.465 e. The van der Waals surface area contributed by atoms with Crippen LogP contribution in [0.2, 0.25) is 10.0 Å². The van der Waals surface area contributed by atoms with E-state index < -0.39 is 6.09 Å². The lowest BCUT2D eigenvalue weighted by molar-refractivity contribution is -0.146. The molecule has 3 rings (SSSR count). The molecule has 1 aromatic carbocycles. The van der Waals surface area contributed by atoms with E-state index in [1.165, 1.54) is 0 Å². The fraction of sp³-hybridized carbons (Fsp3) is 0.474. The van der Waals surface area contributed by atoms with Gasteiger partial charge in [-0.2, -0.15) is 0 Å². The molecule has 0 aromatic heterocycles. The lowest BCUT2D eigenvalue weighted by Gasteiger charge is -2.22. The van der Waals surface area contributed by atoms with Crippen LogP contribution < -0.4 is 0 Å². The van der Waals surface area contributed by atoms with Gasteiger partial charge >= 0.3 is 12.1 Å². The van der Waals surface area contributed by atoms with Gasteiger partial charge in [0, 0.05) is 35.4 Å². The zero-order chi connectivity index (χ0) is 19.4. The molecule has 0 N–H and O–H groups in total. The Hall–Kier alpha value is -1.92. The predicted octanol–water partition coefficient (Wildman–Crippen LogP) is 3.71. The average molecular weight is 413 g/mol. The third-order valence-electron chi connectivity index (χ3n) is 4.56. The molecule has 0 saturated carbocycles. The number of amides is 1. The molecule has 8 heteroatoms. The fourth-order valence-corrected chi connectivity index (χ4v) is 3.91. The van der Waals surface area contributed by atoms with Crippen LogP contribution in [0.3, 0.4) is 0 Å². The van der Waals surface area contributed by atoms with Gasteiger partial charge in [-0.1, -0.05) is 23.2 Å². The van der Waals surface area contributed by atoms with Gasteiger partial charge in [0.1, 0.15) is 6.61 Å². The number of carbonyl (C=O) groups excluding carboxylic acids is 2. The zero-order valence-corrected chi connectivity index (χ0v) is 16.6. The first-order valence-corrected chi connectivity index (χ1v) is 9.71. The van der Waals surface area contributed by atoms with Crippen molar-refractivity contribution >= 4 is 35.3 Å². The van der Waals surface area contributed by atoms with Crippen molar-refractivity contribution in [3.63, 3.8) is 0 Å². The number of fused-ring (bicyclic) bond motifs is 1. The second-order valence-corrected chi connectivity index (χ2v) is 7.44. The Bertz CT molecular complexity index is 733. The van der Waals surface area contributed by atoms with E-state index in [4.69, 9.17) is 32.7 Å². The third kappa shape index (κ3) is 5.08. The lowest BCUT2D eigenvalue weighted by atomic mass is 10.1. The third-order valence-corrected chi connectivity index (χ3v) is 4.99. The summed E-state index contributed by atoms with van der Waals surface area (Å²) in [4.78, 5) is 28.3. The monoisotopic (exact) mass is 412 g/mol. The van der Waals surface area contributed by atoms with Crippen LogP contribution in [0.25, 0.3) is 0 Å². The highest BCUT2D eigenvalue weighted by Crippen LogP contribution is 2.25. The molecule has 1 aromatic rings. The van der Waals surface area contributed by atoms with E-state index in [0.29, 0.717) is 36.3 Å². The van der Waals surface area contributed by atoms with Gasteiger partial charge in [0.2, 0.25) is 0 Å². The summed E-state index contributed by atoms with van der Waals surface area (Å²) in [5.41, 5.74) is 1.70. The van der Waals surface area contributed by atoms with Crippen molar-refractivity contribution in [2.75, 3.05) is 32.8 Å². The molecule has 0 spiro atoms. The van der Waals surface area contributed by atoms with Crippen molar-refractivity contribution in [1.82, 2.24) is 9.80 Å². The molecule has 146 valence electrons. The molecular weight excluding hydrogens is 391 g/mol. The summed E-state index contributed by atoms with van der Waals surface area (Å²) in [7, 11) is 0. The van der Waals surface area contributed by atoms with Gasteiger partial charge in [-0.15, -0.1) is 0 Å². The topological polar surface area (TPSA) is 59.1 Å². The second kappa shape index (κ2) is 8.85. The number of carbonyl (C=O) groups is 2. The number of hydrogen-bond donors (Lipinski definition) is 0. The Morgan fingerprint density at radius 1 is 1.15 bits per heavy atom. The minimum absolute atomic E-state index is 0.101. The van der Waals surface area contributed by atoms with Crippen LogP contribution in [0.5, 0.6) is 0 Å². The number of hydrogen-bond acceptors (Lipinski definition) is 5. The molecule has 1 unspecified atom stereocenters. The highest BCUT2D eigenvalue weighted by molar-refractivity contribution is 6.34. The Kier molecular flexibility index (Phi) is 6.50. The fourth-order valence-electron chi connectivity index (χ4n) is 3.34. The van der Waals surface area contributed by atoms with Crippen LogP contribution in [0, 0.1) is 5.92 Å². The highest BCUT2D eigenvalue weighted by atomic mass is 35.5. The number of esters is 1. The molecule has 0 radical (unpaired) electrons. The molecule has 1 saturated heterocycles. The number of benzene rings is 1. The Labute approximate surface area is 168 Å². The molecular formula is C19H22Cl2N2O4. The summed E-state index contributed by atoms with van der Waals surface area (Å²) < 4.78 is 10.5. The Morgan fingerprint density at radius 2 is 1.89 bits per heavy atom. The van der Waals surface area contributed by atoms with Gasteiger partial charge in [0.25, 0.3) is 0 Å². The first-order valence-electron chi connectivity index (χ1n) is 8.95. The van der Waals surface area contributed by atoms with Crippen molar-refractivity contribution in [3.05, 3.63) is 45.6 Å². The number of ether oxygens (including phenoxy) is 2. The summed E-state index contributed by atoms with van der Waals surface area (Å²) >= 11 is 11.9. The summed E-state index contributed by atoms with van der Waals surface area (Å²) in [6, 6.07) is 5.06. The van der Waals surface area contributed by atoms with Gasteiger partial charge in [-0.25, -0.2) is 4.79 Å². The van der Waals surface area contributed by atoms with Gasteiger partial charge in [0.05, 0.1) is 19.1 Å². The minimum atomic E-state index is -0.395. The molecule has 1 atom stereocenters. The van der Waals surface area contributed by atoms with E-state index in [1.807, 2.05) is 6.08 Å². The summed E-state index contributed by atoms with van der Waals surface area (Å²) in [5, 5.41) is 1.00. The SMILES string of the molecule is CCOC(=O)C1C=C2CN(C(=O)OCc3cc(Cl)cc(Cl)c3)CCCN2C1. The number of nitrogens with zero attached hydrogens (tertiary/aromatic N) is 2.